The third-order valence-electron chi connectivity index (χ3n) is 5.51. The molecule has 2 bridgehead atoms. The first-order valence-corrected chi connectivity index (χ1v) is 9.90. The zero-order chi connectivity index (χ0) is 19.1. The second-order valence-corrected chi connectivity index (χ2v) is 9.51. The molecular weight excluding hydrogens is 326 g/mol. The van der Waals surface area contributed by atoms with Gasteiger partial charge in [0.15, 0.2) is 0 Å². The monoisotopic (exact) mass is 359 g/mol. The van der Waals surface area contributed by atoms with Gasteiger partial charge in [0.25, 0.3) is 0 Å². The van der Waals surface area contributed by atoms with Crippen LogP contribution in [-0.4, -0.2) is 33.8 Å². The van der Waals surface area contributed by atoms with Gasteiger partial charge in [0.05, 0.1) is 5.60 Å². The summed E-state index contributed by atoms with van der Waals surface area (Å²) in [5, 5.41) is 11.3. The molecule has 2 fully saturated rings. The van der Waals surface area contributed by atoms with Crippen molar-refractivity contribution in [2.24, 2.45) is 5.92 Å². The van der Waals surface area contributed by atoms with Gasteiger partial charge >= 0.3 is 6.09 Å². The van der Waals surface area contributed by atoms with E-state index in [1.807, 2.05) is 25.7 Å². The quantitative estimate of drug-likeness (QED) is 0.856. The Balaban J connectivity index is 1.74. The minimum absolute atomic E-state index is 0.0592. The van der Waals surface area contributed by atoms with Crippen LogP contribution >= 0.6 is 0 Å². The van der Waals surface area contributed by atoms with E-state index in [2.05, 4.69) is 38.1 Å². The van der Waals surface area contributed by atoms with Crippen LogP contribution in [0.25, 0.3) is 0 Å². The lowest BCUT2D eigenvalue weighted by Gasteiger charge is -2.44. The van der Waals surface area contributed by atoms with Crippen molar-refractivity contribution < 1.29 is 14.6 Å². The molecular formula is C22H33NO3. The van der Waals surface area contributed by atoms with Crippen LogP contribution in [0.2, 0.25) is 0 Å². The van der Waals surface area contributed by atoms with Crippen LogP contribution in [0.5, 0.6) is 0 Å². The molecule has 144 valence electrons. The first-order valence-electron chi connectivity index (χ1n) is 9.90. The van der Waals surface area contributed by atoms with Gasteiger partial charge in [-0.3, -0.25) is 0 Å². The van der Waals surface area contributed by atoms with E-state index in [9.17, 15) is 9.90 Å². The van der Waals surface area contributed by atoms with Gasteiger partial charge in [-0.25, -0.2) is 4.79 Å². The Kier molecular flexibility index (Phi) is 5.08. The van der Waals surface area contributed by atoms with Gasteiger partial charge in [-0.2, -0.15) is 0 Å². The van der Waals surface area contributed by atoms with E-state index in [-0.39, 0.29) is 18.2 Å². The van der Waals surface area contributed by atoms with Crippen molar-refractivity contribution >= 4 is 6.09 Å². The highest BCUT2D eigenvalue weighted by atomic mass is 16.6. The van der Waals surface area contributed by atoms with Gasteiger partial charge in [-0.1, -0.05) is 38.1 Å². The predicted molar refractivity (Wildman–Crippen MR) is 103 cm³/mol. The summed E-state index contributed by atoms with van der Waals surface area (Å²) in [5.74, 6) is 0.622. The minimum atomic E-state index is -0.847. The van der Waals surface area contributed by atoms with E-state index in [1.165, 1.54) is 5.56 Å². The van der Waals surface area contributed by atoms with Gasteiger partial charge in [0, 0.05) is 24.9 Å². The second-order valence-electron chi connectivity index (χ2n) is 9.51. The van der Waals surface area contributed by atoms with Crippen LogP contribution in [0.4, 0.5) is 4.79 Å². The summed E-state index contributed by atoms with van der Waals surface area (Å²) in [6, 6.07) is 8.53. The molecule has 2 aliphatic rings. The van der Waals surface area contributed by atoms with Crippen molar-refractivity contribution in [2.45, 2.75) is 90.0 Å². The molecule has 2 unspecified atom stereocenters. The average molecular weight is 360 g/mol. The lowest BCUT2D eigenvalue weighted by atomic mass is 9.80. The summed E-state index contributed by atoms with van der Waals surface area (Å²) in [6.45, 7) is 10.1. The highest BCUT2D eigenvalue weighted by Crippen LogP contribution is 2.46. The minimum Gasteiger partial charge on any atom is -0.444 e. The fourth-order valence-electron chi connectivity index (χ4n) is 4.50. The molecule has 0 aromatic heterocycles. The maximum absolute atomic E-state index is 12.6. The van der Waals surface area contributed by atoms with Crippen LogP contribution in [0.3, 0.4) is 0 Å². The summed E-state index contributed by atoms with van der Waals surface area (Å²) >= 11 is 0. The van der Waals surface area contributed by atoms with Crippen molar-refractivity contribution in [3.05, 3.63) is 35.4 Å². The Morgan fingerprint density at radius 1 is 1.19 bits per heavy atom. The zero-order valence-electron chi connectivity index (χ0n) is 16.8. The van der Waals surface area contributed by atoms with Crippen LogP contribution in [0.1, 0.15) is 71.4 Å². The molecule has 2 aliphatic heterocycles. The lowest BCUT2D eigenvalue weighted by Crippen LogP contribution is -2.53. The third kappa shape index (κ3) is 4.06. The molecule has 2 saturated heterocycles. The Labute approximate surface area is 157 Å². The van der Waals surface area contributed by atoms with Gasteiger partial charge in [-0.15, -0.1) is 0 Å². The summed E-state index contributed by atoms with van der Waals surface area (Å²) in [4.78, 5) is 14.5. The van der Waals surface area contributed by atoms with Gasteiger partial charge in [-0.05, 0) is 57.1 Å². The van der Waals surface area contributed by atoms with E-state index in [1.54, 1.807) is 0 Å². The molecule has 0 aliphatic carbocycles. The molecule has 2 heterocycles. The lowest BCUT2D eigenvalue weighted by molar-refractivity contribution is -0.0624. The van der Waals surface area contributed by atoms with E-state index in [0.717, 1.165) is 24.8 Å². The number of carbonyl (C=O) groups is 1. The number of piperidine rings is 1. The molecule has 1 aromatic carbocycles. The summed E-state index contributed by atoms with van der Waals surface area (Å²) in [6.07, 6.45) is 3.88. The van der Waals surface area contributed by atoms with Crippen molar-refractivity contribution in [1.82, 2.24) is 4.90 Å². The number of hydrogen-bond acceptors (Lipinski definition) is 3. The number of fused-ring (bicyclic) bond motifs is 2. The van der Waals surface area contributed by atoms with Gasteiger partial charge in [0.1, 0.15) is 5.60 Å². The predicted octanol–water partition coefficient (Wildman–Crippen LogP) is 4.63. The van der Waals surface area contributed by atoms with E-state index < -0.39 is 11.2 Å². The van der Waals surface area contributed by atoms with Crippen LogP contribution in [0.15, 0.2) is 24.3 Å². The molecule has 1 amide bonds. The molecule has 0 radical (unpaired) electrons. The smallest absolute Gasteiger partial charge is 0.410 e. The number of hydrogen-bond donors (Lipinski definition) is 1. The third-order valence-corrected chi connectivity index (χ3v) is 5.51. The first-order chi connectivity index (χ1) is 12.1. The number of rotatable bonds is 3. The standard InChI is InChI=1S/C22H33NO3/c1-15(2)12-16-6-8-17(9-7-16)22(25)13-18-10-11-19(14-22)23(18)20(24)26-21(3,4)5/h6-9,15,18-19,25H,10-14H2,1-5H3. The van der Waals surface area contributed by atoms with Crippen molar-refractivity contribution in [3.8, 4) is 0 Å². The number of ether oxygens (including phenoxy) is 1. The molecule has 3 rings (SSSR count). The summed E-state index contributed by atoms with van der Waals surface area (Å²) in [5.41, 5.74) is 0.948. The maximum atomic E-state index is 12.6. The van der Waals surface area contributed by atoms with Crippen LogP contribution in [-0.2, 0) is 16.8 Å². The number of carbonyl (C=O) groups excluding carboxylic acids is 1. The summed E-state index contributed by atoms with van der Waals surface area (Å²) < 4.78 is 5.59. The Morgan fingerprint density at radius 3 is 2.19 bits per heavy atom. The van der Waals surface area contributed by atoms with E-state index >= 15 is 0 Å². The molecule has 0 saturated carbocycles. The number of aliphatic hydroxyl groups is 1. The van der Waals surface area contributed by atoms with Crippen LogP contribution < -0.4 is 0 Å². The fraction of sp³-hybridized carbons (Fsp3) is 0.682. The molecule has 4 nitrogen and oxygen atoms in total. The van der Waals surface area contributed by atoms with E-state index in [0.29, 0.717) is 18.8 Å². The topological polar surface area (TPSA) is 49.8 Å². The molecule has 1 N–H and O–H groups in total. The van der Waals surface area contributed by atoms with Gasteiger partial charge in [0.2, 0.25) is 0 Å². The van der Waals surface area contributed by atoms with E-state index in [4.69, 9.17) is 4.74 Å². The fourth-order valence-corrected chi connectivity index (χ4v) is 4.50. The highest BCUT2D eigenvalue weighted by molar-refractivity contribution is 5.69. The largest absolute Gasteiger partial charge is 0.444 e. The maximum Gasteiger partial charge on any atom is 0.410 e. The molecule has 0 spiro atoms. The second kappa shape index (κ2) is 6.88. The zero-order valence-corrected chi connectivity index (χ0v) is 16.8. The Morgan fingerprint density at radius 2 is 1.73 bits per heavy atom. The number of benzene rings is 1. The average Bonchev–Trinajstić information content (AvgIpc) is 2.78. The highest BCUT2D eigenvalue weighted by Gasteiger charge is 2.51. The van der Waals surface area contributed by atoms with Gasteiger partial charge < -0.3 is 14.7 Å². The van der Waals surface area contributed by atoms with Crippen molar-refractivity contribution in [2.75, 3.05) is 0 Å². The Hall–Kier alpha value is -1.55. The normalized spacial score (nSPS) is 28.5. The summed E-state index contributed by atoms with van der Waals surface area (Å²) in [7, 11) is 0. The van der Waals surface area contributed by atoms with Crippen LogP contribution in [0, 0.1) is 5.92 Å². The molecule has 2 atom stereocenters. The number of amides is 1. The Bertz CT molecular complexity index is 630. The molecule has 26 heavy (non-hydrogen) atoms. The first kappa shape index (κ1) is 19.2. The number of nitrogens with zero attached hydrogens (tertiary/aromatic N) is 1. The van der Waals surface area contributed by atoms with Crippen molar-refractivity contribution in [3.63, 3.8) is 0 Å². The molecule has 1 aromatic rings. The molecule has 4 heteroatoms. The SMILES string of the molecule is CC(C)Cc1ccc(C2(O)CC3CCC(C2)N3C(=O)OC(C)(C)C)cc1. The van der Waals surface area contributed by atoms with Crippen molar-refractivity contribution in [1.29, 1.82) is 0 Å².